The Morgan fingerprint density at radius 3 is 2.83 bits per heavy atom. The number of nitrogens with one attached hydrogen (secondary N) is 2. The molecule has 0 bridgehead atoms. The van der Waals surface area contributed by atoms with Crippen molar-refractivity contribution < 1.29 is 19.1 Å². The van der Waals surface area contributed by atoms with Crippen molar-refractivity contribution in [2.24, 2.45) is 5.92 Å². The van der Waals surface area contributed by atoms with E-state index in [1.54, 1.807) is 30.3 Å². The normalized spacial score (nSPS) is 16.2. The zero-order valence-corrected chi connectivity index (χ0v) is 13.2. The van der Waals surface area contributed by atoms with Crippen LogP contribution in [0.1, 0.15) is 6.42 Å². The molecule has 0 spiro atoms. The Bertz CT molecular complexity index is 760. The topological polar surface area (TPSA) is 76.7 Å². The minimum atomic E-state index is -0.563. The maximum Gasteiger partial charge on any atom is 0.231 e. The fraction of sp³-hybridized carbons (Fsp3) is 0.222. The number of benzene rings is 2. The number of anilines is 2. The molecule has 1 unspecified atom stereocenters. The van der Waals surface area contributed by atoms with Gasteiger partial charge in [-0.25, -0.2) is 0 Å². The number of amides is 2. The Labute approximate surface area is 139 Å². The van der Waals surface area contributed by atoms with Gasteiger partial charge in [-0.05, 0) is 24.3 Å². The van der Waals surface area contributed by atoms with Gasteiger partial charge in [0.05, 0.1) is 24.4 Å². The molecule has 0 radical (unpaired) electrons. The molecule has 1 atom stereocenters. The number of para-hydroxylation sites is 4. The lowest BCUT2D eigenvalue weighted by molar-refractivity contribution is -0.125. The van der Waals surface area contributed by atoms with Gasteiger partial charge < -0.3 is 20.1 Å². The van der Waals surface area contributed by atoms with E-state index >= 15 is 0 Å². The summed E-state index contributed by atoms with van der Waals surface area (Å²) < 4.78 is 10.8. The highest BCUT2D eigenvalue weighted by molar-refractivity contribution is 5.99. The van der Waals surface area contributed by atoms with Gasteiger partial charge in [-0.1, -0.05) is 24.3 Å². The lowest BCUT2D eigenvalue weighted by atomic mass is 10.1. The molecule has 3 rings (SSSR count). The van der Waals surface area contributed by atoms with Crippen LogP contribution in [-0.4, -0.2) is 25.5 Å². The summed E-state index contributed by atoms with van der Waals surface area (Å²) in [6.45, 7) is 0.155. The second-order valence-electron chi connectivity index (χ2n) is 5.45. The summed E-state index contributed by atoms with van der Waals surface area (Å²) in [6, 6.07) is 14.3. The maximum atomic E-state index is 12.3. The molecular weight excluding hydrogens is 308 g/mol. The Kier molecular flexibility index (Phi) is 4.65. The van der Waals surface area contributed by atoms with Crippen molar-refractivity contribution in [3.8, 4) is 11.5 Å². The molecule has 2 aromatic carbocycles. The lowest BCUT2D eigenvalue weighted by Crippen LogP contribution is -2.29. The van der Waals surface area contributed by atoms with Gasteiger partial charge in [-0.3, -0.25) is 9.59 Å². The zero-order valence-electron chi connectivity index (χ0n) is 13.2. The minimum Gasteiger partial charge on any atom is -0.495 e. The van der Waals surface area contributed by atoms with Crippen LogP contribution in [0, 0.1) is 5.92 Å². The van der Waals surface area contributed by atoms with E-state index in [4.69, 9.17) is 9.47 Å². The van der Waals surface area contributed by atoms with E-state index in [-0.39, 0.29) is 24.8 Å². The van der Waals surface area contributed by atoms with Gasteiger partial charge in [0.25, 0.3) is 0 Å². The van der Waals surface area contributed by atoms with Crippen LogP contribution in [0.25, 0.3) is 0 Å². The van der Waals surface area contributed by atoms with E-state index in [0.29, 0.717) is 22.9 Å². The summed E-state index contributed by atoms with van der Waals surface area (Å²) in [5.41, 5.74) is 1.19. The fourth-order valence-electron chi connectivity index (χ4n) is 2.52. The molecule has 0 aromatic heterocycles. The molecule has 1 aliphatic rings. The Balaban J connectivity index is 1.66. The summed E-state index contributed by atoms with van der Waals surface area (Å²) in [4.78, 5) is 24.6. The second-order valence-corrected chi connectivity index (χ2v) is 5.45. The zero-order chi connectivity index (χ0) is 16.9. The van der Waals surface area contributed by atoms with Crippen LogP contribution in [0.4, 0.5) is 11.4 Å². The van der Waals surface area contributed by atoms with Gasteiger partial charge in [0, 0.05) is 6.42 Å². The summed E-state index contributed by atoms with van der Waals surface area (Å²) in [5.74, 6) is 0.120. The highest BCUT2D eigenvalue weighted by Gasteiger charge is 2.27. The number of rotatable bonds is 4. The first-order valence-corrected chi connectivity index (χ1v) is 7.63. The van der Waals surface area contributed by atoms with Crippen molar-refractivity contribution in [1.82, 2.24) is 0 Å². The molecule has 6 nitrogen and oxygen atoms in total. The fourth-order valence-corrected chi connectivity index (χ4v) is 2.52. The van der Waals surface area contributed by atoms with Crippen molar-refractivity contribution in [2.45, 2.75) is 6.42 Å². The number of hydrogen-bond acceptors (Lipinski definition) is 4. The molecular formula is C18H18N2O4. The SMILES string of the molecule is COc1ccccc1NC(=O)CC1COc2ccccc2NC1=O. The molecule has 2 amide bonds. The Morgan fingerprint density at radius 1 is 1.25 bits per heavy atom. The van der Waals surface area contributed by atoms with Crippen molar-refractivity contribution in [1.29, 1.82) is 0 Å². The molecule has 124 valence electrons. The van der Waals surface area contributed by atoms with Crippen LogP contribution >= 0.6 is 0 Å². The van der Waals surface area contributed by atoms with E-state index < -0.39 is 5.92 Å². The van der Waals surface area contributed by atoms with E-state index in [2.05, 4.69) is 10.6 Å². The van der Waals surface area contributed by atoms with E-state index in [0.717, 1.165) is 0 Å². The van der Waals surface area contributed by atoms with Crippen molar-refractivity contribution in [3.63, 3.8) is 0 Å². The third-order valence-electron chi connectivity index (χ3n) is 3.77. The molecule has 0 fully saturated rings. The highest BCUT2D eigenvalue weighted by Crippen LogP contribution is 2.29. The van der Waals surface area contributed by atoms with Gasteiger partial charge >= 0.3 is 0 Å². The maximum absolute atomic E-state index is 12.3. The van der Waals surface area contributed by atoms with Crippen molar-refractivity contribution in [2.75, 3.05) is 24.4 Å². The second kappa shape index (κ2) is 7.04. The summed E-state index contributed by atoms with van der Waals surface area (Å²) in [5, 5.41) is 5.57. The van der Waals surface area contributed by atoms with E-state index in [9.17, 15) is 9.59 Å². The lowest BCUT2D eigenvalue weighted by Gasteiger charge is -2.14. The van der Waals surface area contributed by atoms with Crippen LogP contribution in [0.5, 0.6) is 11.5 Å². The molecule has 0 saturated carbocycles. The van der Waals surface area contributed by atoms with E-state index in [1.807, 2.05) is 18.2 Å². The number of carbonyl (C=O) groups excluding carboxylic acids is 2. The van der Waals surface area contributed by atoms with E-state index in [1.165, 1.54) is 7.11 Å². The standard InChI is InChI=1S/C18H18N2O4/c1-23-15-8-4-2-6-13(15)19-17(21)10-12-11-24-16-9-5-3-7-14(16)20-18(12)22/h2-9,12H,10-11H2,1H3,(H,19,21)(H,20,22). The van der Waals surface area contributed by atoms with Crippen LogP contribution in [0.2, 0.25) is 0 Å². The molecule has 24 heavy (non-hydrogen) atoms. The first-order chi connectivity index (χ1) is 11.7. The summed E-state index contributed by atoms with van der Waals surface area (Å²) in [6.07, 6.45) is 0.0257. The third-order valence-corrected chi connectivity index (χ3v) is 3.77. The van der Waals surface area contributed by atoms with Gasteiger partial charge in [0.2, 0.25) is 11.8 Å². The van der Waals surface area contributed by atoms with Gasteiger partial charge in [-0.15, -0.1) is 0 Å². The first kappa shape index (κ1) is 15.9. The van der Waals surface area contributed by atoms with Crippen LogP contribution < -0.4 is 20.1 Å². The largest absolute Gasteiger partial charge is 0.495 e. The molecule has 0 saturated heterocycles. The van der Waals surface area contributed by atoms with Crippen molar-refractivity contribution in [3.05, 3.63) is 48.5 Å². The van der Waals surface area contributed by atoms with Gasteiger partial charge in [0.15, 0.2) is 0 Å². The average molecular weight is 326 g/mol. The summed E-state index contributed by atoms with van der Waals surface area (Å²) >= 11 is 0. The molecule has 6 heteroatoms. The predicted octanol–water partition coefficient (Wildman–Crippen LogP) is 2.67. The first-order valence-electron chi connectivity index (χ1n) is 7.63. The van der Waals surface area contributed by atoms with Gasteiger partial charge in [-0.2, -0.15) is 0 Å². The number of carbonyl (C=O) groups is 2. The highest BCUT2D eigenvalue weighted by atomic mass is 16.5. The van der Waals surface area contributed by atoms with Gasteiger partial charge in [0.1, 0.15) is 18.1 Å². The third kappa shape index (κ3) is 3.48. The quantitative estimate of drug-likeness (QED) is 0.905. The molecule has 2 aromatic rings. The average Bonchev–Trinajstić information content (AvgIpc) is 2.74. The summed E-state index contributed by atoms with van der Waals surface area (Å²) in [7, 11) is 1.54. The minimum absolute atomic E-state index is 0.0257. The van der Waals surface area contributed by atoms with Crippen LogP contribution in [-0.2, 0) is 9.59 Å². The molecule has 1 aliphatic heterocycles. The number of fused-ring (bicyclic) bond motifs is 1. The predicted molar refractivity (Wildman–Crippen MR) is 90.3 cm³/mol. The molecule has 0 aliphatic carbocycles. The number of methoxy groups -OCH3 is 1. The monoisotopic (exact) mass is 326 g/mol. The Morgan fingerprint density at radius 2 is 2.00 bits per heavy atom. The smallest absolute Gasteiger partial charge is 0.231 e. The molecule has 1 heterocycles. The van der Waals surface area contributed by atoms with Crippen molar-refractivity contribution >= 4 is 23.2 Å². The van der Waals surface area contributed by atoms with Crippen LogP contribution in [0.15, 0.2) is 48.5 Å². The number of ether oxygens (including phenoxy) is 2. The number of hydrogen-bond donors (Lipinski definition) is 2. The Hall–Kier alpha value is -3.02. The molecule has 2 N–H and O–H groups in total. The van der Waals surface area contributed by atoms with Crippen LogP contribution in [0.3, 0.4) is 0 Å².